The fourth-order valence-corrected chi connectivity index (χ4v) is 3.73. The van der Waals surface area contributed by atoms with Crippen molar-refractivity contribution >= 4 is 5.97 Å². The molecule has 0 aromatic carbocycles. The first-order valence-electron chi connectivity index (χ1n) is 7.80. The molecule has 0 aromatic rings. The van der Waals surface area contributed by atoms with Crippen LogP contribution in [0, 0.1) is 17.8 Å². The van der Waals surface area contributed by atoms with Gasteiger partial charge in [0.2, 0.25) is 0 Å². The van der Waals surface area contributed by atoms with E-state index in [9.17, 15) is 4.79 Å². The molecule has 0 aromatic heterocycles. The zero-order valence-electron chi connectivity index (χ0n) is 12.0. The Bertz CT molecular complexity index is 316. The zero-order chi connectivity index (χ0) is 13.2. The van der Waals surface area contributed by atoms with Gasteiger partial charge in [0.15, 0.2) is 0 Å². The summed E-state index contributed by atoms with van der Waals surface area (Å²) in [5.41, 5.74) is 0. The van der Waals surface area contributed by atoms with Crippen LogP contribution in [0.3, 0.4) is 0 Å². The second-order valence-corrected chi connectivity index (χ2v) is 6.65. The van der Waals surface area contributed by atoms with Crippen molar-refractivity contribution in [3.05, 3.63) is 0 Å². The fraction of sp³-hybridized carbons (Fsp3) is 0.933. The number of ether oxygens (including phenoxy) is 1. The molecule has 0 radical (unpaired) electrons. The molecule has 108 valence electrons. The standard InChI is InChI=1S/C15H26N2O2/c1-16-8-13-10-17(11-14(13)9-16)6-3-7-19-15(18)12-4-2-5-12/h12-14H,2-11H2,1H3. The van der Waals surface area contributed by atoms with Crippen LogP contribution in [0.15, 0.2) is 0 Å². The van der Waals surface area contributed by atoms with Crippen molar-refractivity contribution in [2.45, 2.75) is 25.7 Å². The second kappa shape index (κ2) is 5.80. The highest BCUT2D eigenvalue weighted by atomic mass is 16.5. The Morgan fingerprint density at radius 1 is 1.16 bits per heavy atom. The Morgan fingerprint density at radius 3 is 2.42 bits per heavy atom. The molecule has 3 rings (SSSR count). The molecule has 4 nitrogen and oxygen atoms in total. The molecule has 4 heteroatoms. The molecular weight excluding hydrogens is 240 g/mol. The monoisotopic (exact) mass is 266 g/mol. The topological polar surface area (TPSA) is 32.8 Å². The summed E-state index contributed by atoms with van der Waals surface area (Å²) < 4.78 is 5.34. The highest BCUT2D eigenvalue weighted by Crippen LogP contribution is 2.30. The van der Waals surface area contributed by atoms with Gasteiger partial charge in [-0.15, -0.1) is 0 Å². The van der Waals surface area contributed by atoms with Crippen LogP contribution in [0.4, 0.5) is 0 Å². The summed E-state index contributed by atoms with van der Waals surface area (Å²) in [4.78, 5) is 16.6. The van der Waals surface area contributed by atoms with E-state index in [1.54, 1.807) is 0 Å². The Balaban J connectivity index is 1.28. The van der Waals surface area contributed by atoms with E-state index in [0.717, 1.165) is 37.6 Å². The van der Waals surface area contributed by atoms with Crippen molar-refractivity contribution in [1.82, 2.24) is 9.80 Å². The molecule has 2 heterocycles. The Hall–Kier alpha value is -0.610. The van der Waals surface area contributed by atoms with E-state index in [-0.39, 0.29) is 11.9 Å². The number of rotatable bonds is 5. The summed E-state index contributed by atoms with van der Waals surface area (Å²) in [7, 11) is 2.22. The van der Waals surface area contributed by atoms with Crippen molar-refractivity contribution in [3.8, 4) is 0 Å². The average molecular weight is 266 g/mol. The van der Waals surface area contributed by atoms with Crippen molar-refractivity contribution in [1.29, 1.82) is 0 Å². The fourth-order valence-electron chi connectivity index (χ4n) is 3.73. The van der Waals surface area contributed by atoms with Crippen LogP contribution in [-0.2, 0) is 9.53 Å². The van der Waals surface area contributed by atoms with Gasteiger partial charge in [0.05, 0.1) is 12.5 Å². The molecule has 2 aliphatic heterocycles. The van der Waals surface area contributed by atoms with Gasteiger partial charge in [-0.2, -0.15) is 0 Å². The van der Waals surface area contributed by atoms with Gasteiger partial charge < -0.3 is 14.5 Å². The van der Waals surface area contributed by atoms with Gasteiger partial charge in [-0.05, 0) is 38.1 Å². The molecule has 2 unspecified atom stereocenters. The number of esters is 1. The molecule has 0 amide bonds. The number of likely N-dealkylation sites (tertiary alicyclic amines) is 2. The van der Waals surface area contributed by atoms with Crippen LogP contribution < -0.4 is 0 Å². The van der Waals surface area contributed by atoms with E-state index >= 15 is 0 Å². The second-order valence-electron chi connectivity index (χ2n) is 6.65. The molecule has 19 heavy (non-hydrogen) atoms. The molecule has 0 bridgehead atoms. The summed E-state index contributed by atoms with van der Waals surface area (Å²) in [5, 5.41) is 0. The van der Waals surface area contributed by atoms with Gasteiger partial charge in [-0.25, -0.2) is 0 Å². The molecule has 1 aliphatic carbocycles. The molecular formula is C15H26N2O2. The molecule has 3 aliphatic rings. The van der Waals surface area contributed by atoms with Gasteiger partial charge in [0.1, 0.15) is 0 Å². The molecule has 1 saturated carbocycles. The van der Waals surface area contributed by atoms with E-state index < -0.39 is 0 Å². The normalized spacial score (nSPS) is 32.3. The minimum atomic E-state index is 0.0474. The molecule has 2 atom stereocenters. The van der Waals surface area contributed by atoms with Crippen LogP contribution >= 0.6 is 0 Å². The Kier molecular flexibility index (Phi) is 4.08. The van der Waals surface area contributed by atoms with Gasteiger partial charge in [-0.1, -0.05) is 6.42 Å². The van der Waals surface area contributed by atoms with Crippen molar-refractivity contribution in [3.63, 3.8) is 0 Å². The summed E-state index contributed by atoms with van der Waals surface area (Å²) >= 11 is 0. The van der Waals surface area contributed by atoms with Crippen molar-refractivity contribution in [2.75, 3.05) is 46.4 Å². The maximum absolute atomic E-state index is 11.6. The molecule has 2 saturated heterocycles. The van der Waals surface area contributed by atoms with Crippen LogP contribution in [-0.4, -0.2) is 62.1 Å². The third kappa shape index (κ3) is 3.11. The summed E-state index contributed by atoms with van der Waals surface area (Å²) in [6, 6.07) is 0. The van der Waals surface area contributed by atoms with Gasteiger partial charge >= 0.3 is 5.97 Å². The number of carbonyl (C=O) groups is 1. The Morgan fingerprint density at radius 2 is 1.84 bits per heavy atom. The maximum Gasteiger partial charge on any atom is 0.308 e. The van der Waals surface area contributed by atoms with Crippen molar-refractivity contribution in [2.24, 2.45) is 17.8 Å². The lowest BCUT2D eigenvalue weighted by atomic mass is 9.86. The predicted octanol–water partition coefficient (Wildman–Crippen LogP) is 1.21. The van der Waals surface area contributed by atoms with Gasteiger partial charge in [-0.3, -0.25) is 4.79 Å². The Labute approximate surface area is 116 Å². The number of hydrogen-bond donors (Lipinski definition) is 0. The van der Waals surface area contributed by atoms with Crippen LogP contribution in [0.25, 0.3) is 0 Å². The lowest BCUT2D eigenvalue weighted by Gasteiger charge is -2.23. The lowest BCUT2D eigenvalue weighted by Crippen LogP contribution is -2.29. The zero-order valence-corrected chi connectivity index (χ0v) is 12.0. The highest BCUT2D eigenvalue weighted by molar-refractivity contribution is 5.73. The van der Waals surface area contributed by atoms with E-state index in [0.29, 0.717) is 6.61 Å². The van der Waals surface area contributed by atoms with Gasteiger partial charge in [0, 0.05) is 32.7 Å². The predicted molar refractivity (Wildman–Crippen MR) is 73.8 cm³/mol. The average Bonchev–Trinajstić information content (AvgIpc) is 2.78. The van der Waals surface area contributed by atoms with Gasteiger partial charge in [0.25, 0.3) is 0 Å². The minimum absolute atomic E-state index is 0.0474. The number of carbonyl (C=O) groups excluding carboxylic acids is 1. The first kappa shape index (κ1) is 13.4. The highest BCUT2D eigenvalue weighted by Gasteiger charge is 2.38. The molecule has 0 N–H and O–H groups in total. The number of fused-ring (bicyclic) bond motifs is 1. The van der Waals surface area contributed by atoms with E-state index in [1.165, 1.54) is 32.6 Å². The number of nitrogens with zero attached hydrogens (tertiary/aromatic N) is 2. The van der Waals surface area contributed by atoms with Crippen molar-refractivity contribution < 1.29 is 9.53 Å². The summed E-state index contributed by atoms with van der Waals surface area (Å²) in [6.07, 6.45) is 4.28. The smallest absolute Gasteiger partial charge is 0.308 e. The summed E-state index contributed by atoms with van der Waals surface area (Å²) in [6.45, 7) is 6.71. The van der Waals surface area contributed by atoms with E-state index in [1.807, 2.05) is 0 Å². The van der Waals surface area contributed by atoms with E-state index in [4.69, 9.17) is 4.74 Å². The summed E-state index contributed by atoms with van der Waals surface area (Å²) in [5.74, 6) is 2.03. The molecule has 0 spiro atoms. The van der Waals surface area contributed by atoms with Crippen LogP contribution in [0.1, 0.15) is 25.7 Å². The lowest BCUT2D eigenvalue weighted by molar-refractivity contribution is -0.151. The SMILES string of the molecule is CN1CC2CN(CCCOC(=O)C3CCC3)CC2C1. The van der Waals surface area contributed by atoms with E-state index in [2.05, 4.69) is 16.8 Å². The van der Waals surface area contributed by atoms with Crippen LogP contribution in [0.2, 0.25) is 0 Å². The quantitative estimate of drug-likeness (QED) is 0.553. The first-order valence-corrected chi connectivity index (χ1v) is 7.80. The minimum Gasteiger partial charge on any atom is -0.465 e. The third-order valence-corrected chi connectivity index (χ3v) is 5.05. The third-order valence-electron chi connectivity index (χ3n) is 5.05. The first-order chi connectivity index (χ1) is 9.22. The number of hydrogen-bond acceptors (Lipinski definition) is 4. The largest absolute Gasteiger partial charge is 0.465 e. The van der Waals surface area contributed by atoms with Crippen LogP contribution in [0.5, 0.6) is 0 Å². The molecule has 3 fully saturated rings. The maximum atomic E-state index is 11.6.